The van der Waals surface area contributed by atoms with Crippen molar-refractivity contribution in [2.45, 2.75) is 26.7 Å². The molecule has 0 bridgehead atoms. The Labute approximate surface area is 196 Å². The van der Waals surface area contributed by atoms with Crippen LogP contribution < -0.4 is 40.7 Å². The third-order valence-corrected chi connectivity index (χ3v) is 2.96. The zero-order chi connectivity index (χ0) is 28.0. The van der Waals surface area contributed by atoms with Crippen LogP contribution in [-0.4, -0.2) is 65.9 Å². The summed E-state index contributed by atoms with van der Waals surface area (Å²) in [4.78, 5) is 72.9. The molecule has 35 heavy (non-hydrogen) atoms. The minimum Gasteiger partial charge on any atom is -0.822 e. The Kier molecular flexibility index (Phi) is 16.4. The number of aromatic nitrogens is 4. The Morgan fingerprint density at radius 3 is 2.03 bits per heavy atom. The number of rotatable bonds is 6. The van der Waals surface area contributed by atoms with Crippen LogP contribution in [0.25, 0.3) is 11.2 Å². The van der Waals surface area contributed by atoms with Crippen molar-refractivity contribution >= 4 is 32.8 Å². The topological polar surface area (TPSA) is 352 Å². The molecule has 0 aromatic carbocycles. The molecule has 1 unspecified atom stereocenters. The number of aliphatic hydroxyl groups excluding tert-OH is 4. The maximum absolute atomic E-state index is 11.4. The van der Waals surface area contributed by atoms with Crippen LogP contribution in [0.2, 0.25) is 0 Å². The minimum absolute atomic E-state index is 0.0291. The third kappa shape index (κ3) is 19.7. The molecule has 0 aliphatic rings. The summed E-state index contributed by atoms with van der Waals surface area (Å²) in [5.41, 5.74) is 6.23. The van der Waals surface area contributed by atoms with E-state index in [9.17, 15) is 4.79 Å². The van der Waals surface area contributed by atoms with Gasteiger partial charge in [-0.2, -0.15) is 20.6 Å². The summed E-state index contributed by atoms with van der Waals surface area (Å²) in [6, 6.07) is 0. The second-order valence-electron chi connectivity index (χ2n) is 6.08. The largest absolute Gasteiger partial charge is 0.822 e. The lowest BCUT2D eigenvalue weighted by Crippen LogP contribution is -2.24. The second-order valence-corrected chi connectivity index (χ2v) is 7.87. The molecular formula is C14H23N5O14P2-6. The molecule has 7 N–H and O–H groups in total. The first kappa shape index (κ1) is 34.9. The normalized spacial score (nSPS) is 11.7. The van der Waals surface area contributed by atoms with Crippen LogP contribution >= 0.6 is 15.6 Å². The lowest BCUT2D eigenvalue weighted by atomic mass is 10.2. The smallest absolute Gasteiger partial charge is 0.280 e. The predicted molar refractivity (Wildman–Crippen MR) is 105 cm³/mol. The van der Waals surface area contributed by atoms with E-state index in [1.54, 1.807) is 13.8 Å². The van der Waals surface area contributed by atoms with Crippen molar-refractivity contribution in [3.8, 4) is 0 Å². The number of aliphatic hydroxyl groups is 4. The van der Waals surface area contributed by atoms with Crippen molar-refractivity contribution in [1.82, 2.24) is 19.5 Å². The molecule has 2 aromatic rings. The molecule has 0 amide bonds. The highest BCUT2D eigenvalue weighted by atomic mass is 31.2. The quantitative estimate of drug-likeness (QED) is 0.111. The lowest BCUT2D eigenvalue weighted by Gasteiger charge is -2.36. The molecule has 2 rings (SSSR count). The number of allylic oxidation sites excluding steroid dienone is 1. The van der Waals surface area contributed by atoms with Crippen molar-refractivity contribution in [3.63, 3.8) is 0 Å². The first-order valence-corrected chi connectivity index (χ1v) is 11.7. The van der Waals surface area contributed by atoms with E-state index in [-0.39, 0.29) is 42.7 Å². The molecule has 1 atom stereocenters. The number of phosphoric acid groups is 2. The summed E-state index contributed by atoms with van der Waals surface area (Å²) in [5, 5.41) is 34.5. The first-order chi connectivity index (χ1) is 15.8. The highest BCUT2D eigenvalue weighted by molar-refractivity contribution is 7.40. The monoisotopic (exact) mass is 547 g/mol. The van der Waals surface area contributed by atoms with Gasteiger partial charge in [-0.15, -0.1) is 0 Å². The molecule has 21 heteroatoms. The average molecular weight is 547 g/mol. The van der Waals surface area contributed by atoms with E-state index in [1.165, 1.54) is 10.9 Å². The van der Waals surface area contributed by atoms with E-state index in [0.29, 0.717) is 11.2 Å². The van der Waals surface area contributed by atoms with Crippen LogP contribution in [0.1, 0.15) is 13.8 Å². The van der Waals surface area contributed by atoms with E-state index in [2.05, 4.69) is 15.0 Å². The van der Waals surface area contributed by atoms with Crippen LogP contribution in [0.15, 0.2) is 22.5 Å². The molecule has 0 aliphatic carbocycles. The SMILES string of the molecule is CC(C)=C(O)C(O)CO.Nc1nc2c(ncn2COCCO)c(=O)[nH]1.O=P([O-])([O-])[O-].O=P([O-])([O-])[O-]. The Hall–Kier alpha value is -2.25. The van der Waals surface area contributed by atoms with Gasteiger partial charge < -0.3 is 69.4 Å². The van der Waals surface area contributed by atoms with Gasteiger partial charge in [0, 0.05) is 0 Å². The highest BCUT2D eigenvalue weighted by Crippen LogP contribution is 2.06. The van der Waals surface area contributed by atoms with Crippen molar-refractivity contribution < 1.29 is 63.7 Å². The summed E-state index contributed by atoms with van der Waals surface area (Å²) in [7, 11) is -10.8. The maximum atomic E-state index is 11.4. The van der Waals surface area contributed by atoms with Gasteiger partial charge in [0.2, 0.25) is 5.95 Å². The molecule has 0 saturated carbocycles. The summed E-state index contributed by atoms with van der Waals surface area (Å²) in [6.07, 6.45) is 0.319. The number of nitrogens with zero attached hydrogens (tertiary/aromatic N) is 3. The number of nitrogens with two attached hydrogens (primary N) is 1. The second kappa shape index (κ2) is 16.4. The van der Waals surface area contributed by atoms with Gasteiger partial charge in [-0.3, -0.25) is 14.3 Å². The molecule has 0 aliphatic heterocycles. The van der Waals surface area contributed by atoms with Gasteiger partial charge in [-0.1, -0.05) is 0 Å². The minimum atomic E-state index is -5.39. The lowest BCUT2D eigenvalue weighted by molar-refractivity contribution is -0.434. The van der Waals surface area contributed by atoms with Crippen LogP contribution in [-0.2, 0) is 20.6 Å². The van der Waals surface area contributed by atoms with Crippen LogP contribution in [0, 0.1) is 0 Å². The zero-order valence-corrected chi connectivity index (χ0v) is 20.0. The number of aromatic amines is 1. The summed E-state index contributed by atoms with van der Waals surface area (Å²) < 4.78 is 23.7. The van der Waals surface area contributed by atoms with Crippen LogP contribution in [0.3, 0.4) is 0 Å². The maximum Gasteiger partial charge on any atom is 0.280 e. The third-order valence-electron chi connectivity index (χ3n) is 2.96. The molecule has 0 spiro atoms. The number of hydrogen-bond acceptors (Lipinski definition) is 17. The average Bonchev–Trinajstić information content (AvgIpc) is 3.08. The summed E-state index contributed by atoms with van der Waals surface area (Å²) in [6.45, 7) is 3.19. The fraction of sp³-hybridized carbons (Fsp3) is 0.500. The van der Waals surface area contributed by atoms with Crippen LogP contribution in [0.5, 0.6) is 0 Å². The Bertz CT molecular complexity index is 1030. The number of H-pyrrole nitrogens is 1. The summed E-state index contributed by atoms with van der Waals surface area (Å²) in [5.74, 6) is -0.112. The van der Waals surface area contributed by atoms with Gasteiger partial charge in [0.1, 0.15) is 18.6 Å². The van der Waals surface area contributed by atoms with Crippen molar-refractivity contribution in [1.29, 1.82) is 0 Å². The molecule has 0 radical (unpaired) electrons. The Morgan fingerprint density at radius 2 is 1.66 bits per heavy atom. The van der Waals surface area contributed by atoms with Crippen molar-refractivity contribution in [2.24, 2.45) is 0 Å². The molecule has 19 nitrogen and oxygen atoms in total. The fourth-order valence-electron chi connectivity index (χ4n) is 1.71. The molecule has 0 saturated heterocycles. The number of ether oxygens (including phenoxy) is 1. The van der Waals surface area contributed by atoms with E-state index in [0.717, 1.165) is 0 Å². The van der Waals surface area contributed by atoms with E-state index >= 15 is 0 Å². The fourth-order valence-corrected chi connectivity index (χ4v) is 1.71. The molecule has 0 fully saturated rings. The Balaban J connectivity index is 0. The number of nitrogen functional groups attached to an aromatic ring is 1. The van der Waals surface area contributed by atoms with Gasteiger partial charge >= 0.3 is 0 Å². The number of fused-ring (bicyclic) bond motifs is 1. The van der Waals surface area contributed by atoms with Gasteiger partial charge in [-0.05, 0) is 19.4 Å². The van der Waals surface area contributed by atoms with Gasteiger partial charge in [0.15, 0.2) is 11.2 Å². The Morgan fingerprint density at radius 1 is 1.17 bits per heavy atom. The van der Waals surface area contributed by atoms with Gasteiger partial charge in [0.05, 0.1) is 26.1 Å². The molecule has 204 valence electrons. The van der Waals surface area contributed by atoms with Crippen molar-refractivity contribution in [2.75, 3.05) is 25.6 Å². The van der Waals surface area contributed by atoms with E-state index in [1.807, 2.05) is 0 Å². The highest BCUT2D eigenvalue weighted by Gasteiger charge is 2.09. The van der Waals surface area contributed by atoms with E-state index < -0.39 is 28.4 Å². The molecule has 2 heterocycles. The molecular weight excluding hydrogens is 524 g/mol. The number of imidazole rings is 1. The van der Waals surface area contributed by atoms with Gasteiger partial charge in [0.25, 0.3) is 5.56 Å². The molecule has 2 aromatic heterocycles. The number of anilines is 1. The standard InChI is InChI=1S/C8H11N5O3.C6H12O3.2H3O4P/c9-8-11-6-5(7(15)12-8)10-3-13(6)4-16-2-1-14;1-4(2)6(9)5(8)3-7;2*1-5(2,3)4/h3,14H,1-2,4H2,(H3,9,11,12,15);5,7-9H,3H2,1-2H3;2*(H3,1,2,3,4)/p-6. The number of hydrogen-bond donors (Lipinski definition) is 6. The van der Waals surface area contributed by atoms with E-state index in [4.69, 9.17) is 69.4 Å². The van der Waals surface area contributed by atoms with Crippen molar-refractivity contribution in [3.05, 3.63) is 28.0 Å². The predicted octanol–water partition coefficient (Wildman–Crippen LogP) is -6.79. The van der Waals surface area contributed by atoms with Gasteiger partial charge in [-0.25, -0.2) is 4.98 Å². The first-order valence-electron chi connectivity index (χ1n) is 8.82. The summed E-state index contributed by atoms with van der Waals surface area (Å²) >= 11 is 0. The van der Waals surface area contributed by atoms with Crippen LogP contribution in [0.4, 0.5) is 5.95 Å². The number of nitrogens with one attached hydrogen (secondary N) is 1. The zero-order valence-electron chi connectivity index (χ0n) is 18.2.